The number of nitrogens with two attached hydrogens (primary N) is 2. The van der Waals surface area contributed by atoms with Crippen LogP contribution in [-0.2, 0) is 0 Å². The summed E-state index contributed by atoms with van der Waals surface area (Å²) in [5, 5.41) is 0.654. The van der Waals surface area contributed by atoms with Gasteiger partial charge in [0.2, 0.25) is 0 Å². The van der Waals surface area contributed by atoms with Gasteiger partial charge in [-0.2, -0.15) is 0 Å². The van der Waals surface area contributed by atoms with Crippen LogP contribution in [0.5, 0.6) is 0 Å². The summed E-state index contributed by atoms with van der Waals surface area (Å²) < 4.78 is 0. The second-order valence-electron chi connectivity index (χ2n) is 4.46. The number of hydrogen-bond acceptors (Lipinski definition) is 3. The molecule has 3 nitrogen and oxygen atoms in total. The molecule has 1 aromatic rings. The van der Waals surface area contributed by atoms with Crippen LogP contribution in [0.4, 0.5) is 5.69 Å². The highest BCUT2D eigenvalue weighted by Crippen LogP contribution is 2.27. The van der Waals surface area contributed by atoms with Gasteiger partial charge in [-0.3, -0.25) is 11.3 Å². The van der Waals surface area contributed by atoms with E-state index in [-0.39, 0.29) is 6.04 Å². The maximum atomic E-state index is 5.92. The second-order valence-corrected chi connectivity index (χ2v) is 4.90. The molecule has 4 heteroatoms. The maximum Gasteiger partial charge on any atom is 0.0480 e. The summed E-state index contributed by atoms with van der Waals surface area (Å²) in [5.41, 5.74) is 10.4. The lowest BCUT2D eigenvalue weighted by atomic mass is 9.97. The number of nitrogen functional groups attached to an aromatic ring is 1. The van der Waals surface area contributed by atoms with E-state index < -0.39 is 0 Å². The number of nitrogens with one attached hydrogen (secondary N) is 1. The van der Waals surface area contributed by atoms with Crippen LogP contribution in [-0.4, -0.2) is 0 Å². The van der Waals surface area contributed by atoms with Gasteiger partial charge in [0, 0.05) is 16.8 Å². The highest BCUT2D eigenvalue weighted by Gasteiger charge is 2.13. The van der Waals surface area contributed by atoms with E-state index >= 15 is 0 Å². The lowest BCUT2D eigenvalue weighted by Crippen LogP contribution is -2.28. The Morgan fingerprint density at radius 3 is 2.50 bits per heavy atom. The van der Waals surface area contributed by atoms with Gasteiger partial charge >= 0.3 is 0 Å². The lowest BCUT2D eigenvalue weighted by Gasteiger charge is -2.19. The predicted octanol–water partition coefficient (Wildman–Crippen LogP) is 2.86. The molecule has 1 rings (SSSR count). The summed E-state index contributed by atoms with van der Waals surface area (Å²) in [4.78, 5) is 0. The van der Waals surface area contributed by atoms with Gasteiger partial charge in [0.25, 0.3) is 0 Å². The van der Waals surface area contributed by atoms with Crippen LogP contribution in [0.15, 0.2) is 18.2 Å². The van der Waals surface area contributed by atoms with E-state index in [1.165, 1.54) is 0 Å². The summed E-state index contributed by atoms with van der Waals surface area (Å²) in [7, 11) is 0. The molecule has 1 aromatic carbocycles. The zero-order chi connectivity index (χ0) is 12.1. The molecular formula is C12H20ClN3. The zero-order valence-electron chi connectivity index (χ0n) is 9.83. The molecule has 0 radical (unpaired) electrons. The summed E-state index contributed by atoms with van der Waals surface area (Å²) in [5.74, 6) is 6.22. The molecule has 5 N–H and O–H groups in total. The van der Waals surface area contributed by atoms with Crippen LogP contribution in [0, 0.1) is 5.92 Å². The Kier molecular flexibility index (Phi) is 5.06. The molecule has 0 amide bonds. The topological polar surface area (TPSA) is 64.1 Å². The van der Waals surface area contributed by atoms with E-state index in [0.29, 0.717) is 16.6 Å². The smallest absolute Gasteiger partial charge is 0.0480 e. The van der Waals surface area contributed by atoms with Gasteiger partial charge < -0.3 is 5.73 Å². The van der Waals surface area contributed by atoms with E-state index in [1.807, 2.05) is 12.1 Å². The van der Waals surface area contributed by atoms with Crippen molar-refractivity contribution >= 4 is 17.3 Å². The summed E-state index contributed by atoms with van der Waals surface area (Å²) in [6.45, 7) is 4.39. The molecule has 90 valence electrons. The number of rotatable bonds is 5. The molecule has 0 bridgehead atoms. The quantitative estimate of drug-likeness (QED) is 0.422. The van der Waals surface area contributed by atoms with E-state index in [0.717, 1.165) is 18.4 Å². The van der Waals surface area contributed by atoms with Crippen molar-refractivity contribution in [2.24, 2.45) is 11.8 Å². The monoisotopic (exact) mass is 241 g/mol. The zero-order valence-corrected chi connectivity index (χ0v) is 10.6. The Morgan fingerprint density at radius 2 is 2.00 bits per heavy atom. The highest BCUT2D eigenvalue weighted by atomic mass is 35.5. The number of benzene rings is 1. The number of halogens is 1. The van der Waals surface area contributed by atoms with E-state index in [1.54, 1.807) is 6.07 Å². The van der Waals surface area contributed by atoms with Crippen molar-refractivity contribution in [2.45, 2.75) is 32.7 Å². The van der Waals surface area contributed by atoms with E-state index in [2.05, 4.69) is 19.3 Å². The molecule has 0 aliphatic carbocycles. The second kappa shape index (κ2) is 6.09. The first-order valence-electron chi connectivity index (χ1n) is 5.55. The Bertz CT molecular complexity index is 339. The fraction of sp³-hybridized carbons (Fsp3) is 0.500. The molecule has 0 heterocycles. The minimum Gasteiger partial charge on any atom is -0.398 e. The third-order valence-electron chi connectivity index (χ3n) is 2.66. The van der Waals surface area contributed by atoms with Crippen molar-refractivity contribution in [2.75, 3.05) is 5.73 Å². The first-order chi connectivity index (χ1) is 7.54. The van der Waals surface area contributed by atoms with E-state index in [9.17, 15) is 0 Å². The summed E-state index contributed by atoms with van der Waals surface area (Å²) in [6, 6.07) is 5.63. The first kappa shape index (κ1) is 13.3. The molecule has 1 unspecified atom stereocenters. The molecule has 0 aliphatic heterocycles. The molecular weight excluding hydrogens is 222 g/mol. The fourth-order valence-corrected chi connectivity index (χ4v) is 1.87. The molecule has 0 aliphatic rings. The number of hydrazine groups is 1. The van der Waals surface area contributed by atoms with Crippen LogP contribution < -0.4 is 17.0 Å². The molecule has 0 aromatic heterocycles. The number of anilines is 1. The van der Waals surface area contributed by atoms with Crippen molar-refractivity contribution in [3.63, 3.8) is 0 Å². The normalized spacial score (nSPS) is 13.1. The van der Waals surface area contributed by atoms with Crippen LogP contribution in [0.1, 0.15) is 38.3 Å². The SMILES string of the molecule is CC(C)CCC(NN)c1ccc(Cl)cc1N. The standard InChI is InChI=1S/C12H20ClN3/c1-8(2)3-6-12(16-15)10-5-4-9(13)7-11(10)14/h4-5,7-8,12,16H,3,6,14-15H2,1-2H3. The van der Waals surface area contributed by atoms with Gasteiger partial charge in [-0.15, -0.1) is 0 Å². The van der Waals surface area contributed by atoms with Gasteiger partial charge in [-0.25, -0.2) is 0 Å². The summed E-state index contributed by atoms with van der Waals surface area (Å²) in [6.07, 6.45) is 2.08. The minimum absolute atomic E-state index is 0.0969. The van der Waals surface area contributed by atoms with Crippen LogP contribution in [0.3, 0.4) is 0 Å². The lowest BCUT2D eigenvalue weighted by molar-refractivity contribution is 0.449. The molecule has 0 saturated heterocycles. The van der Waals surface area contributed by atoms with Gasteiger partial charge in [0.05, 0.1) is 0 Å². The average molecular weight is 242 g/mol. The Labute approximate surface area is 102 Å². The molecule has 0 saturated carbocycles. The average Bonchev–Trinajstić information content (AvgIpc) is 2.21. The van der Waals surface area contributed by atoms with Gasteiger partial charge in [-0.05, 0) is 36.5 Å². The predicted molar refractivity (Wildman–Crippen MR) is 70.0 cm³/mol. The summed E-state index contributed by atoms with van der Waals surface area (Å²) >= 11 is 5.86. The largest absolute Gasteiger partial charge is 0.398 e. The van der Waals surface area contributed by atoms with Gasteiger partial charge in [0.1, 0.15) is 0 Å². The number of hydrogen-bond donors (Lipinski definition) is 3. The van der Waals surface area contributed by atoms with Crippen LogP contribution in [0.25, 0.3) is 0 Å². The Hall–Kier alpha value is -0.770. The van der Waals surface area contributed by atoms with Crippen LogP contribution in [0.2, 0.25) is 5.02 Å². The third-order valence-corrected chi connectivity index (χ3v) is 2.89. The van der Waals surface area contributed by atoms with Crippen molar-refractivity contribution < 1.29 is 0 Å². The van der Waals surface area contributed by atoms with Crippen molar-refractivity contribution in [1.82, 2.24) is 5.43 Å². The molecule has 16 heavy (non-hydrogen) atoms. The third kappa shape index (κ3) is 3.67. The van der Waals surface area contributed by atoms with E-state index in [4.69, 9.17) is 23.2 Å². The van der Waals surface area contributed by atoms with Crippen molar-refractivity contribution in [1.29, 1.82) is 0 Å². The first-order valence-corrected chi connectivity index (χ1v) is 5.93. The highest BCUT2D eigenvalue weighted by molar-refractivity contribution is 6.30. The van der Waals surface area contributed by atoms with Gasteiger partial charge in [-0.1, -0.05) is 31.5 Å². The maximum absolute atomic E-state index is 5.92. The minimum atomic E-state index is 0.0969. The molecule has 1 atom stereocenters. The Morgan fingerprint density at radius 1 is 1.31 bits per heavy atom. The van der Waals surface area contributed by atoms with Gasteiger partial charge in [0.15, 0.2) is 0 Å². The Balaban J connectivity index is 2.78. The molecule has 0 fully saturated rings. The fourth-order valence-electron chi connectivity index (χ4n) is 1.69. The van der Waals surface area contributed by atoms with Crippen LogP contribution >= 0.6 is 11.6 Å². The van der Waals surface area contributed by atoms with Crippen molar-refractivity contribution in [3.8, 4) is 0 Å². The molecule has 0 spiro atoms. The van der Waals surface area contributed by atoms with Crippen molar-refractivity contribution in [3.05, 3.63) is 28.8 Å².